The largest absolute Gasteiger partial charge is 0.463 e. The summed E-state index contributed by atoms with van der Waals surface area (Å²) in [6, 6.07) is -0.0966. The molecule has 0 aromatic heterocycles. The third-order valence-corrected chi connectivity index (χ3v) is 5.47. The third-order valence-electron chi connectivity index (χ3n) is 5.47. The zero-order chi connectivity index (χ0) is 18.6. The molecule has 0 spiro atoms. The van der Waals surface area contributed by atoms with Crippen molar-refractivity contribution in [2.75, 3.05) is 40.3 Å². The zero-order valence-electron chi connectivity index (χ0n) is 16.2. The summed E-state index contributed by atoms with van der Waals surface area (Å²) >= 11 is 0. The van der Waals surface area contributed by atoms with Gasteiger partial charge in [-0.25, -0.2) is 4.79 Å². The average Bonchev–Trinajstić information content (AvgIpc) is 2.91. The molecule has 0 saturated carbocycles. The molecule has 3 N–H and O–H groups in total. The van der Waals surface area contributed by atoms with E-state index in [0.29, 0.717) is 26.1 Å². The molecule has 7 heteroatoms. The fourth-order valence-corrected chi connectivity index (χ4v) is 2.93. The molecule has 2 amide bonds. The number of nitrogens with zero attached hydrogens (tertiary/aromatic N) is 1. The number of urea groups is 1. The van der Waals surface area contributed by atoms with Gasteiger partial charge in [-0.15, -0.1) is 0 Å². The maximum atomic E-state index is 12.9. The van der Waals surface area contributed by atoms with Crippen molar-refractivity contribution < 1.29 is 14.3 Å². The van der Waals surface area contributed by atoms with Crippen molar-refractivity contribution in [2.24, 2.45) is 5.41 Å². The highest BCUT2D eigenvalue weighted by atomic mass is 16.5. The van der Waals surface area contributed by atoms with Crippen molar-refractivity contribution in [1.29, 1.82) is 0 Å². The molecule has 1 atom stereocenters. The van der Waals surface area contributed by atoms with Gasteiger partial charge in [0, 0.05) is 24.2 Å². The Morgan fingerprint density at radius 3 is 2.29 bits per heavy atom. The van der Waals surface area contributed by atoms with Crippen molar-refractivity contribution in [3.63, 3.8) is 0 Å². The Bertz CT molecular complexity index is 465. The van der Waals surface area contributed by atoms with Crippen LogP contribution in [-0.4, -0.2) is 68.3 Å². The van der Waals surface area contributed by atoms with Crippen LogP contribution in [0.1, 0.15) is 41.0 Å². The monoisotopic (exact) mass is 342 g/mol. The molecule has 0 aliphatic carbocycles. The van der Waals surface area contributed by atoms with Crippen LogP contribution in [-0.2, 0) is 9.53 Å². The summed E-state index contributed by atoms with van der Waals surface area (Å²) in [5.41, 5.74) is -1.37. The van der Waals surface area contributed by atoms with Gasteiger partial charge in [0.15, 0.2) is 0 Å². The van der Waals surface area contributed by atoms with Crippen molar-refractivity contribution >= 4 is 12.0 Å². The van der Waals surface area contributed by atoms with Gasteiger partial charge in [0.2, 0.25) is 0 Å². The molecule has 0 aromatic carbocycles. The van der Waals surface area contributed by atoms with E-state index in [1.807, 2.05) is 34.9 Å². The fraction of sp³-hybridized carbons (Fsp3) is 0.882. The number of carbonyl (C=O) groups excluding carboxylic acids is 2. The van der Waals surface area contributed by atoms with Crippen LogP contribution in [0.15, 0.2) is 0 Å². The van der Waals surface area contributed by atoms with Crippen LogP contribution in [0.3, 0.4) is 0 Å². The second kappa shape index (κ2) is 7.70. The standard InChI is InChI=1S/C17H34N4O3/c1-15(2,18-6)12-17(5,16(3,4)19-7)13(22)24-11-10-21-9-8-20-14(21)23/h18-19H,8-12H2,1-7H3,(H,20,23). The van der Waals surface area contributed by atoms with Gasteiger partial charge in [0.1, 0.15) is 6.61 Å². The minimum absolute atomic E-state index is 0.0966. The number of esters is 1. The minimum atomic E-state index is -0.721. The van der Waals surface area contributed by atoms with Crippen LogP contribution >= 0.6 is 0 Å². The topological polar surface area (TPSA) is 82.7 Å². The Kier molecular flexibility index (Phi) is 6.64. The lowest BCUT2D eigenvalue weighted by atomic mass is 9.66. The second-order valence-corrected chi connectivity index (χ2v) is 7.87. The van der Waals surface area contributed by atoms with Gasteiger partial charge in [-0.1, -0.05) is 0 Å². The number of nitrogens with one attached hydrogen (secondary N) is 3. The third kappa shape index (κ3) is 4.60. The number of rotatable bonds is 9. The Balaban J connectivity index is 2.78. The molecule has 1 aliphatic heterocycles. The Morgan fingerprint density at radius 1 is 1.21 bits per heavy atom. The molecule has 140 valence electrons. The number of amides is 2. The highest BCUT2D eigenvalue weighted by molar-refractivity contribution is 5.78. The Morgan fingerprint density at radius 2 is 1.83 bits per heavy atom. The SMILES string of the molecule is CNC(C)(C)CC(C)(C(=O)OCCN1CCNC1=O)C(C)(C)NC. The molecule has 1 heterocycles. The molecule has 0 aromatic rings. The molecule has 7 nitrogen and oxygen atoms in total. The lowest BCUT2D eigenvalue weighted by molar-refractivity contribution is -0.161. The van der Waals surface area contributed by atoms with Gasteiger partial charge < -0.3 is 25.6 Å². The summed E-state index contributed by atoms with van der Waals surface area (Å²) in [6.45, 7) is 12.0. The first-order valence-corrected chi connectivity index (χ1v) is 8.57. The van der Waals surface area contributed by atoms with Crippen LogP contribution in [0.5, 0.6) is 0 Å². The van der Waals surface area contributed by atoms with E-state index in [2.05, 4.69) is 29.8 Å². The van der Waals surface area contributed by atoms with Gasteiger partial charge in [-0.3, -0.25) is 4.79 Å². The first-order valence-electron chi connectivity index (χ1n) is 8.57. The van der Waals surface area contributed by atoms with E-state index in [1.54, 1.807) is 4.90 Å². The van der Waals surface area contributed by atoms with E-state index in [4.69, 9.17) is 4.74 Å². The Labute approximate surface area is 145 Å². The predicted molar refractivity (Wildman–Crippen MR) is 94.9 cm³/mol. The number of carbonyl (C=O) groups is 2. The molecule has 1 aliphatic rings. The van der Waals surface area contributed by atoms with E-state index in [9.17, 15) is 9.59 Å². The summed E-state index contributed by atoms with van der Waals surface area (Å²) in [6.07, 6.45) is 0.618. The molecular formula is C17H34N4O3. The molecule has 1 saturated heterocycles. The second-order valence-electron chi connectivity index (χ2n) is 7.87. The fourth-order valence-electron chi connectivity index (χ4n) is 2.93. The average molecular weight is 342 g/mol. The van der Waals surface area contributed by atoms with Crippen LogP contribution < -0.4 is 16.0 Å². The zero-order valence-corrected chi connectivity index (χ0v) is 16.2. The highest BCUT2D eigenvalue weighted by Crippen LogP contribution is 2.39. The lowest BCUT2D eigenvalue weighted by Gasteiger charge is -2.46. The van der Waals surface area contributed by atoms with E-state index >= 15 is 0 Å². The molecule has 1 fully saturated rings. The van der Waals surface area contributed by atoms with E-state index in [1.165, 1.54) is 0 Å². The normalized spacial score (nSPS) is 18.3. The quantitative estimate of drug-likeness (QED) is 0.544. The van der Waals surface area contributed by atoms with Crippen molar-refractivity contribution in [1.82, 2.24) is 20.9 Å². The van der Waals surface area contributed by atoms with Gasteiger partial charge >= 0.3 is 12.0 Å². The summed E-state index contributed by atoms with van der Waals surface area (Å²) < 4.78 is 5.57. The summed E-state index contributed by atoms with van der Waals surface area (Å²) in [4.78, 5) is 26.1. The van der Waals surface area contributed by atoms with Crippen LogP contribution in [0.4, 0.5) is 4.79 Å². The molecule has 1 unspecified atom stereocenters. The summed E-state index contributed by atoms with van der Waals surface area (Å²) in [7, 11) is 3.75. The van der Waals surface area contributed by atoms with Gasteiger partial charge in [-0.05, 0) is 55.1 Å². The predicted octanol–water partition coefficient (Wildman–Crippen LogP) is 0.947. The van der Waals surface area contributed by atoms with Gasteiger partial charge in [0.25, 0.3) is 0 Å². The van der Waals surface area contributed by atoms with E-state index < -0.39 is 11.0 Å². The first kappa shape index (κ1) is 20.7. The van der Waals surface area contributed by atoms with Crippen LogP contribution in [0.2, 0.25) is 0 Å². The molecule has 1 rings (SSSR count). The number of hydrogen-bond acceptors (Lipinski definition) is 5. The van der Waals surface area contributed by atoms with E-state index in [0.717, 1.165) is 0 Å². The Hall–Kier alpha value is -1.34. The summed E-state index contributed by atoms with van der Waals surface area (Å²) in [5.74, 6) is -0.246. The van der Waals surface area contributed by atoms with E-state index in [-0.39, 0.29) is 24.1 Å². The minimum Gasteiger partial charge on any atom is -0.463 e. The first-order chi connectivity index (χ1) is 11.0. The number of hydrogen-bond donors (Lipinski definition) is 3. The van der Waals surface area contributed by atoms with Gasteiger partial charge in [-0.2, -0.15) is 0 Å². The highest BCUT2D eigenvalue weighted by Gasteiger charge is 2.50. The maximum Gasteiger partial charge on any atom is 0.317 e. The lowest BCUT2D eigenvalue weighted by Crippen LogP contribution is -2.59. The smallest absolute Gasteiger partial charge is 0.317 e. The van der Waals surface area contributed by atoms with Crippen molar-refractivity contribution in [2.45, 2.75) is 52.1 Å². The number of ether oxygens (including phenoxy) is 1. The van der Waals surface area contributed by atoms with Crippen molar-refractivity contribution in [3.05, 3.63) is 0 Å². The van der Waals surface area contributed by atoms with Gasteiger partial charge in [0.05, 0.1) is 12.0 Å². The molecule has 0 radical (unpaired) electrons. The molecular weight excluding hydrogens is 308 g/mol. The van der Waals surface area contributed by atoms with Crippen molar-refractivity contribution in [3.8, 4) is 0 Å². The molecule has 24 heavy (non-hydrogen) atoms. The van der Waals surface area contributed by atoms with Crippen LogP contribution in [0.25, 0.3) is 0 Å². The van der Waals surface area contributed by atoms with Crippen LogP contribution in [0, 0.1) is 5.41 Å². The molecule has 0 bridgehead atoms. The summed E-state index contributed by atoms with van der Waals surface area (Å²) in [5, 5.41) is 9.24. The maximum absolute atomic E-state index is 12.9.